The molecule has 146 valence electrons. The van der Waals surface area contributed by atoms with E-state index in [0.717, 1.165) is 36.6 Å². The zero-order chi connectivity index (χ0) is 18.6. The molecule has 6 heteroatoms. The molecule has 3 N–H and O–H groups in total. The summed E-state index contributed by atoms with van der Waals surface area (Å²) in [6, 6.07) is 18.2. The second kappa shape index (κ2) is 13.1. The Labute approximate surface area is 179 Å². The summed E-state index contributed by atoms with van der Waals surface area (Å²) in [6.07, 6.45) is 2.33. The summed E-state index contributed by atoms with van der Waals surface area (Å²) in [5, 5.41) is 9.55. The molecular weight excluding hydrogens is 451 g/mol. The predicted octanol–water partition coefficient (Wildman–Crippen LogP) is 3.95. The highest BCUT2D eigenvalue weighted by Crippen LogP contribution is 2.11. The number of halogens is 1. The second-order valence-corrected chi connectivity index (χ2v) is 6.09. The van der Waals surface area contributed by atoms with Crippen molar-refractivity contribution in [2.24, 2.45) is 4.99 Å². The van der Waals surface area contributed by atoms with E-state index < -0.39 is 0 Å². The Morgan fingerprint density at radius 3 is 2.44 bits per heavy atom. The maximum Gasteiger partial charge on any atom is 0.224 e. The molecule has 0 heterocycles. The van der Waals surface area contributed by atoms with Gasteiger partial charge in [0, 0.05) is 32.2 Å². The van der Waals surface area contributed by atoms with Gasteiger partial charge in [-0.3, -0.25) is 9.79 Å². The van der Waals surface area contributed by atoms with E-state index in [1.165, 1.54) is 5.56 Å². The minimum absolute atomic E-state index is 0. The number of carbonyl (C=O) groups excluding carboxylic acids is 1. The second-order valence-electron chi connectivity index (χ2n) is 6.09. The fourth-order valence-electron chi connectivity index (χ4n) is 2.59. The summed E-state index contributed by atoms with van der Waals surface area (Å²) in [5.74, 6) is 0.817. The minimum atomic E-state index is 0. The lowest BCUT2D eigenvalue weighted by Gasteiger charge is -2.13. The van der Waals surface area contributed by atoms with Crippen LogP contribution in [0, 0.1) is 0 Å². The number of aliphatic imine (C=N–C) groups is 1. The third-order valence-corrected chi connectivity index (χ3v) is 3.92. The highest BCUT2D eigenvalue weighted by molar-refractivity contribution is 14.0. The van der Waals surface area contributed by atoms with Crippen LogP contribution in [0.1, 0.15) is 30.9 Å². The third kappa shape index (κ3) is 8.90. The van der Waals surface area contributed by atoms with Gasteiger partial charge in [0.25, 0.3) is 0 Å². The van der Waals surface area contributed by atoms with Crippen molar-refractivity contribution in [3.05, 3.63) is 65.7 Å². The van der Waals surface area contributed by atoms with Gasteiger partial charge in [-0.2, -0.15) is 0 Å². The molecule has 2 rings (SSSR count). The molecule has 0 aliphatic rings. The Hall–Kier alpha value is -2.09. The SMILES string of the molecule is CCCC(=O)Nc1cccc(CNC(=NC)NCCc2ccccc2)c1.I. The van der Waals surface area contributed by atoms with E-state index in [-0.39, 0.29) is 29.9 Å². The normalized spacial score (nSPS) is 10.7. The van der Waals surface area contributed by atoms with Crippen molar-refractivity contribution >= 4 is 41.5 Å². The fourth-order valence-corrected chi connectivity index (χ4v) is 2.59. The van der Waals surface area contributed by atoms with Gasteiger partial charge in [0.1, 0.15) is 0 Å². The van der Waals surface area contributed by atoms with E-state index in [9.17, 15) is 4.79 Å². The number of hydrogen-bond donors (Lipinski definition) is 3. The highest BCUT2D eigenvalue weighted by Gasteiger charge is 2.03. The number of rotatable bonds is 8. The molecule has 0 radical (unpaired) electrons. The number of nitrogens with one attached hydrogen (secondary N) is 3. The number of benzene rings is 2. The van der Waals surface area contributed by atoms with Crippen LogP contribution < -0.4 is 16.0 Å². The van der Waals surface area contributed by atoms with Gasteiger partial charge >= 0.3 is 0 Å². The third-order valence-electron chi connectivity index (χ3n) is 3.92. The molecule has 2 aromatic rings. The van der Waals surface area contributed by atoms with Crippen LogP contribution >= 0.6 is 24.0 Å². The molecular formula is C21H29IN4O. The Morgan fingerprint density at radius 1 is 1.00 bits per heavy atom. The molecule has 0 aliphatic heterocycles. The number of nitrogens with zero attached hydrogens (tertiary/aromatic N) is 1. The summed E-state index contributed by atoms with van der Waals surface area (Å²) < 4.78 is 0. The summed E-state index contributed by atoms with van der Waals surface area (Å²) >= 11 is 0. The fraction of sp³-hybridized carbons (Fsp3) is 0.333. The number of amides is 1. The van der Waals surface area contributed by atoms with Crippen molar-refractivity contribution in [2.45, 2.75) is 32.7 Å². The molecule has 0 bridgehead atoms. The van der Waals surface area contributed by atoms with Gasteiger partial charge < -0.3 is 16.0 Å². The number of anilines is 1. The van der Waals surface area contributed by atoms with E-state index in [1.54, 1.807) is 7.05 Å². The Morgan fingerprint density at radius 2 is 1.74 bits per heavy atom. The van der Waals surface area contributed by atoms with Gasteiger partial charge in [-0.05, 0) is 36.1 Å². The number of guanidine groups is 1. The largest absolute Gasteiger partial charge is 0.356 e. The summed E-state index contributed by atoms with van der Waals surface area (Å²) in [4.78, 5) is 16.0. The van der Waals surface area contributed by atoms with Crippen molar-refractivity contribution in [2.75, 3.05) is 18.9 Å². The van der Waals surface area contributed by atoms with Crippen molar-refractivity contribution in [3.63, 3.8) is 0 Å². The van der Waals surface area contributed by atoms with E-state index in [0.29, 0.717) is 13.0 Å². The maximum atomic E-state index is 11.7. The summed E-state index contributed by atoms with van der Waals surface area (Å²) in [7, 11) is 1.76. The smallest absolute Gasteiger partial charge is 0.224 e. The molecule has 0 unspecified atom stereocenters. The van der Waals surface area contributed by atoms with Gasteiger partial charge in [-0.15, -0.1) is 24.0 Å². The molecule has 0 aliphatic carbocycles. The Kier molecular flexibility index (Phi) is 11.2. The van der Waals surface area contributed by atoms with Gasteiger partial charge in [-0.25, -0.2) is 0 Å². The van der Waals surface area contributed by atoms with Crippen LogP contribution in [-0.4, -0.2) is 25.5 Å². The lowest BCUT2D eigenvalue weighted by molar-refractivity contribution is -0.116. The molecule has 0 fully saturated rings. The summed E-state index contributed by atoms with van der Waals surface area (Å²) in [5.41, 5.74) is 3.21. The van der Waals surface area contributed by atoms with E-state index >= 15 is 0 Å². The average Bonchev–Trinajstić information content (AvgIpc) is 2.66. The first kappa shape index (κ1) is 23.0. The zero-order valence-electron chi connectivity index (χ0n) is 16.0. The zero-order valence-corrected chi connectivity index (χ0v) is 18.3. The van der Waals surface area contributed by atoms with Crippen LogP contribution in [0.15, 0.2) is 59.6 Å². The molecule has 0 spiro atoms. The van der Waals surface area contributed by atoms with Gasteiger partial charge in [-0.1, -0.05) is 49.4 Å². The van der Waals surface area contributed by atoms with E-state index in [4.69, 9.17) is 0 Å². The lowest BCUT2D eigenvalue weighted by Crippen LogP contribution is -2.37. The Bertz CT molecular complexity index is 719. The monoisotopic (exact) mass is 480 g/mol. The average molecular weight is 480 g/mol. The van der Waals surface area contributed by atoms with Crippen molar-refractivity contribution < 1.29 is 4.79 Å². The van der Waals surface area contributed by atoms with E-state index in [2.05, 4.69) is 45.2 Å². The van der Waals surface area contributed by atoms with Crippen molar-refractivity contribution in [1.29, 1.82) is 0 Å². The summed E-state index contributed by atoms with van der Waals surface area (Å²) in [6.45, 7) is 3.45. The molecule has 0 atom stereocenters. The quantitative estimate of drug-likeness (QED) is 0.305. The van der Waals surface area contributed by atoms with Gasteiger partial charge in [0.2, 0.25) is 5.91 Å². The van der Waals surface area contributed by atoms with E-state index in [1.807, 2.05) is 37.3 Å². The molecule has 1 amide bonds. The topological polar surface area (TPSA) is 65.5 Å². The predicted molar refractivity (Wildman–Crippen MR) is 124 cm³/mol. The first-order valence-electron chi connectivity index (χ1n) is 9.08. The van der Waals surface area contributed by atoms with Crippen molar-refractivity contribution in [1.82, 2.24) is 10.6 Å². The van der Waals surface area contributed by atoms with Crippen LogP contribution in [0.5, 0.6) is 0 Å². The Balaban J connectivity index is 0.00000364. The molecule has 0 saturated carbocycles. The van der Waals surface area contributed by atoms with Gasteiger partial charge in [0.15, 0.2) is 5.96 Å². The maximum absolute atomic E-state index is 11.7. The van der Waals surface area contributed by atoms with Crippen molar-refractivity contribution in [3.8, 4) is 0 Å². The van der Waals surface area contributed by atoms with Crippen LogP contribution in [0.4, 0.5) is 5.69 Å². The molecule has 27 heavy (non-hydrogen) atoms. The number of carbonyl (C=O) groups is 1. The van der Waals surface area contributed by atoms with Crippen LogP contribution in [0.3, 0.4) is 0 Å². The van der Waals surface area contributed by atoms with Crippen LogP contribution in [-0.2, 0) is 17.8 Å². The standard InChI is InChI=1S/C21H28N4O.HI/c1-3-8-20(26)25-19-12-7-11-18(15-19)16-24-21(22-2)23-14-13-17-9-5-4-6-10-17;/h4-7,9-12,15H,3,8,13-14,16H2,1-2H3,(H,25,26)(H2,22,23,24);1H. The molecule has 0 aromatic heterocycles. The molecule has 0 saturated heterocycles. The first-order chi connectivity index (χ1) is 12.7. The van der Waals surface area contributed by atoms with Crippen LogP contribution in [0.2, 0.25) is 0 Å². The minimum Gasteiger partial charge on any atom is -0.356 e. The van der Waals surface area contributed by atoms with Gasteiger partial charge in [0.05, 0.1) is 0 Å². The molecule has 5 nitrogen and oxygen atoms in total. The molecule has 2 aromatic carbocycles. The lowest BCUT2D eigenvalue weighted by atomic mass is 10.1. The first-order valence-corrected chi connectivity index (χ1v) is 9.08. The number of hydrogen-bond acceptors (Lipinski definition) is 2. The highest BCUT2D eigenvalue weighted by atomic mass is 127. The van der Waals surface area contributed by atoms with Crippen LogP contribution in [0.25, 0.3) is 0 Å².